The number of methoxy groups -OCH3 is 1. The predicted octanol–water partition coefficient (Wildman–Crippen LogP) is 3.50. The predicted molar refractivity (Wildman–Crippen MR) is 69.8 cm³/mol. The molecule has 0 heterocycles. The van der Waals surface area contributed by atoms with Crippen LogP contribution in [0.3, 0.4) is 0 Å². The van der Waals surface area contributed by atoms with Crippen LogP contribution in [-0.2, 0) is 4.74 Å². The largest absolute Gasteiger partial charge is 0.381 e. The van der Waals surface area contributed by atoms with Crippen molar-refractivity contribution < 1.29 is 4.74 Å². The van der Waals surface area contributed by atoms with Gasteiger partial charge in [0, 0.05) is 19.2 Å². The van der Waals surface area contributed by atoms with Gasteiger partial charge >= 0.3 is 0 Å². The molecule has 0 amide bonds. The van der Waals surface area contributed by atoms with E-state index >= 15 is 0 Å². The van der Waals surface area contributed by atoms with Crippen LogP contribution in [0.2, 0.25) is 0 Å². The fourth-order valence-corrected chi connectivity index (χ4v) is 2.43. The van der Waals surface area contributed by atoms with Crippen LogP contribution in [0.25, 0.3) is 0 Å². The first-order valence-corrected chi connectivity index (χ1v) is 7.05. The maximum Gasteiger partial charge on any atom is 0.0601 e. The second-order valence-electron chi connectivity index (χ2n) is 5.30. The molecule has 2 heteroatoms. The third-order valence-electron chi connectivity index (χ3n) is 3.69. The fourth-order valence-electron chi connectivity index (χ4n) is 2.43. The number of unbranched alkanes of at least 4 members (excludes halogenated alkanes) is 4. The minimum Gasteiger partial charge on any atom is -0.381 e. The van der Waals surface area contributed by atoms with Crippen LogP contribution in [0.5, 0.6) is 0 Å². The number of hydrogen-bond acceptors (Lipinski definition) is 2. The Labute approximate surface area is 101 Å². The van der Waals surface area contributed by atoms with E-state index in [1.165, 1.54) is 51.4 Å². The van der Waals surface area contributed by atoms with Crippen molar-refractivity contribution in [2.24, 2.45) is 0 Å². The summed E-state index contributed by atoms with van der Waals surface area (Å²) in [5, 5.41) is 3.69. The van der Waals surface area contributed by atoms with Crippen molar-refractivity contribution in [3.05, 3.63) is 0 Å². The van der Waals surface area contributed by atoms with Crippen molar-refractivity contribution in [3.63, 3.8) is 0 Å². The molecule has 1 unspecified atom stereocenters. The first kappa shape index (κ1) is 14.0. The van der Waals surface area contributed by atoms with E-state index in [2.05, 4.69) is 19.2 Å². The third-order valence-corrected chi connectivity index (χ3v) is 3.69. The number of hydrogen-bond donors (Lipinski definition) is 1. The average Bonchev–Trinajstić information content (AvgIpc) is 2.22. The van der Waals surface area contributed by atoms with Gasteiger partial charge in [0.25, 0.3) is 0 Å². The number of nitrogens with one attached hydrogen (secondary N) is 1. The van der Waals surface area contributed by atoms with Gasteiger partial charge in [0.1, 0.15) is 0 Å². The van der Waals surface area contributed by atoms with Crippen molar-refractivity contribution in [1.29, 1.82) is 0 Å². The molecule has 1 rings (SSSR count). The normalized spacial score (nSPS) is 26.4. The topological polar surface area (TPSA) is 21.3 Å². The molecule has 0 aromatic rings. The maximum atomic E-state index is 5.28. The average molecular weight is 227 g/mol. The smallest absolute Gasteiger partial charge is 0.0601 e. The Morgan fingerprint density at radius 1 is 1.19 bits per heavy atom. The zero-order valence-electron chi connectivity index (χ0n) is 11.3. The van der Waals surface area contributed by atoms with Crippen molar-refractivity contribution in [1.82, 2.24) is 5.32 Å². The highest BCUT2D eigenvalue weighted by molar-refractivity contribution is 4.87. The molecule has 1 aliphatic rings. The molecule has 0 aromatic carbocycles. The highest BCUT2D eigenvalue weighted by Crippen LogP contribution is 2.23. The van der Waals surface area contributed by atoms with Crippen LogP contribution < -0.4 is 5.32 Å². The highest BCUT2D eigenvalue weighted by Gasteiger charge is 2.29. The summed E-state index contributed by atoms with van der Waals surface area (Å²) in [7, 11) is 1.82. The van der Waals surface area contributed by atoms with Gasteiger partial charge in [-0.15, -0.1) is 0 Å². The summed E-state index contributed by atoms with van der Waals surface area (Å²) in [6.45, 7) is 4.59. The molecule has 16 heavy (non-hydrogen) atoms. The van der Waals surface area contributed by atoms with Crippen LogP contribution in [0.4, 0.5) is 0 Å². The second-order valence-corrected chi connectivity index (χ2v) is 5.30. The highest BCUT2D eigenvalue weighted by atomic mass is 16.5. The van der Waals surface area contributed by atoms with Gasteiger partial charge in [-0.1, -0.05) is 39.0 Å². The molecule has 96 valence electrons. The van der Waals surface area contributed by atoms with Gasteiger partial charge < -0.3 is 10.1 Å². The molecule has 1 saturated carbocycles. The summed E-state index contributed by atoms with van der Waals surface area (Å²) < 4.78 is 5.28. The van der Waals surface area contributed by atoms with Crippen molar-refractivity contribution in [3.8, 4) is 0 Å². The molecule has 1 N–H and O–H groups in total. The second kappa shape index (κ2) is 8.08. The summed E-state index contributed by atoms with van der Waals surface area (Å²) in [6.07, 6.45) is 11.2. The van der Waals surface area contributed by atoms with E-state index in [1.54, 1.807) is 0 Å². The monoisotopic (exact) mass is 227 g/mol. The maximum absolute atomic E-state index is 5.28. The molecule has 0 saturated heterocycles. The van der Waals surface area contributed by atoms with E-state index in [9.17, 15) is 0 Å². The van der Waals surface area contributed by atoms with Crippen molar-refractivity contribution >= 4 is 0 Å². The van der Waals surface area contributed by atoms with Gasteiger partial charge in [0.05, 0.1) is 6.10 Å². The number of ether oxygens (including phenoxy) is 1. The van der Waals surface area contributed by atoms with Gasteiger partial charge in [-0.25, -0.2) is 0 Å². The van der Waals surface area contributed by atoms with E-state index < -0.39 is 0 Å². The molecule has 1 aliphatic carbocycles. The van der Waals surface area contributed by atoms with Crippen LogP contribution in [0.15, 0.2) is 0 Å². The standard InChI is InChI=1S/C14H29NO/c1-4-5-6-7-8-9-12(2)15-13-10-14(11-13)16-3/h12-15H,4-11H2,1-3H3. The molecule has 1 fully saturated rings. The fraction of sp³-hybridized carbons (Fsp3) is 1.00. The summed E-state index contributed by atoms with van der Waals surface area (Å²) in [5.41, 5.74) is 0. The van der Waals surface area contributed by atoms with Gasteiger partial charge in [0.15, 0.2) is 0 Å². The lowest BCUT2D eigenvalue weighted by Gasteiger charge is -2.36. The summed E-state index contributed by atoms with van der Waals surface area (Å²) >= 11 is 0. The van der Waals surface area contributed by atoms with Gasteiger partial charge in [0.2, 0.25) is 0 Å². The number of rotatable bonds is 9. The molecule has 0 aliphatic heterocycles. The molecular formula is C14H29NO. The lowest BCUT2D eigenvalue weighted by molar-refractivity contribution is 0.0145. The lowest BCUT2D eigenvalue weighted by atomic mass is 9.88. The van der Waals surface area contributed by atoms with Gasteiger partial charge in [-0.3, -0.25) is 0 Å². The zero-order chi connectivity index (χ0) is 11.8. The Balaban J connectivity index is 1.89. The summed E-state index contributed by atoms with van der Waals surface area (Å²) in [5.74, 6) is 0. The molecular weight excluding hydrogens is 198 g/mol. The van der Waals surface area contributed by atoms with Gasteiger partial charge in [-0.2, -0.15) is 0 Å². The Morgan fingerprint density at radius 3 is 2.50 bits per heavy atom. The molecule has 2 nitrogen and oxygen atoms in total. The van der Waals surface area contributed by atoms with Crippen LogP contribution in [0.1, 0.15) is 65.2 Å². The third kappa shape index (κ3) is 5.31. The summed E-state index contributed by atoms with van der Waals surface area (Å²) in [6, 6.07) is 1.40. The first-order valence-electron chi connectivity index (χ1n) is 7.05. The molecule has 0 bridgehead atoms. The van der Waals surface area contributed by atoms with E-state index in [1.807, 2.05) is 7.11 Å². The minimum atomic E-state index is 0.522. The van der Waals surface area contributed by atoms with Crippen LogP contribution in [-0.4, -0.2) is 25.3 Å². The quantitative estimate of drug-likeness (QED) is 0.609. The van der Waals surface area contributed by atoms with Crippen molar-refractivity contribution in [2.75, 3.05) is 7.11 Å². The van der Waals surface area contributed by atoms with E-state index in [0.717, 1.165) is 6.04 Å². The van der Waals surface area contributed by atoms with E-state index in [4.69, 9.17) is 4.74 Å². The van der Waals surface area contributed by atoms with Gasteiger partial charge in [-0.05, 0) is 26.2 Å². The van der Waals surface area contributed by atoms with Crippen LogP contribution in [0, 0.1) is 0 Å². The molecule has 0 spiro atoms. The Morgan fingerprint density at radius 2 is 1.88 bits per heavy atom. The first-order chi connectivity index (χ1) is 7.76. The molecule has 0 radical (unpaired) electrons. The van der Waals surface area contributed by atoms with E-state index in [0.29, 0.717) is 12.1 Å². The zero-order valence-corrected chi connectivity index (χ0v) is 11.3. The van der Waals surface area contributed by atoms with E-state index in [-0.39, 0.29) is 0 Å². The molecule has 0 aromatic heterocycles. The Kier molecular flexibility index (Phi) is 7.06. The van der Waals surface area contributed by atoms with Crippen LogP contribution >= 0.6 is 0 Å². The van der Waals surface area contributed by atoms with Crippen molar-refractivity contribution in [2.45, 2.75) is 83.4 Å². The SMILES string of the molecule is CCCCCCCC(C)NC1CC(OC)C1. The lowest BCUT2D eigenvalue weighted by Crippen LogP contribution is -2.48. The Hall–Kier alpha value is -0.0800. The summed E-state index contributed by atoms with van der Waals surface area (Å²) in [4.78, 5) is 0. The molecule has 1 atom stereocenters. The Bertz CT molecular complexity index is 166. The minimum absolute atomic E-state index is 0.522.